The lowest BCUT2D eigenvalue weighted by molar-refractivity contribution is 0.0734. The Bertz CT molecular complexity index is 1120. The number of nitrogens with zero attached hydrogens (tertiary/aromatic N) is 1. The van der Waals surface area contributed by atoms with Crippen LogP contribution < -0.4 is 14.9 Å². The highest BCUT2D eigenvalue weighted by molar-refractivity contribution is 9.10. The van der Waals surface area contributed by atoms with Gasteiger partial charge in [0.15, 0.2) is 0 Å². The van der Waals surface area contributed by atoms with Gasteiger partial charge >= 0.3 is 5.97 Å². The summed E-state index contributed by atoms with van der Waals surface area (Å²) in [5.74, 6) is -0.0289. The summed E-state index contributed by atoms with van der Waals surface area (Å²) < 4.78 is 11.6. The molecule has 8 heteroatoms. The molecule has 3 aromatic carbocycles. The van der Waals surface area contributed by atoms with Crippen molar-refractivity contribution in [3.05, 3.63) is 92.9 Å². The Morgan fingerprint density at radius 2 is 1.84 bits per heavy atom. The van der Waals surface area contributed by atoms with Crippen LogP contribution in [-0.4, -0.2) is 24.7 Å². The van der Waals surface area contributed by atoms with Crippen molar-refractivity contribution < 1.29 is 19.1 Å². The number of ether oxygens (including phenoxy) is 2. The molecule has 0 aliphatic carbocycles. The molecule has 0 atom stereocenters. The topological polar surface area (TPSA) is 77.0 Å². The van der Waals surface area contributed by atoms with Crippen LogP contribution in [0.5, 0.6) is 11.5 Å². The van der Waals surface area contributed by atoms with E-state index in [1.54, 1.807) is 66.7 Å². The Hall–Kier alpha value is -3.16. The molecule has 0 unspecified atom stereocenters. The number of nitrogens with one attached hydrogen (secondary N) is 1. The van der Waals surface area contributed by atoms with Crippen LogP contribution >= 0.6 is 27.5 Å². The fourth-order valence-electron chi connectivity index (χ4n) is 2.59. The van der Waals surface area contributed by atoms with Gasteiger partial charge in [0.05, 0.1) is 23.4 Å². The van der Waals surface area contributed by atoms with Gasteiger partial charge in [0.25, 0.3) is 5.91 Å². The third-order valence-electron chi connectivity index (χ3n) is 4.07. The predicted octanol–water partition coefficient (Wildman–Crippen LogP) is 5.48. The number of hydrogen-bond acceptors (Lipinski definition) is 5. The monoisotopic (exact) mass is 500 g/mol. The first-order valence-corrected chi connectivity index (χ1v) is 10.5. The number of hydrazone groups is 1. The van der Waals surface area contributed by atoms with Gasteiger partial charge in [0.1, 0.15) is 11.5 Å². The SMILES string of the molecule is CCOc1ccc(C(=O)N/N=C/c2cc(Br)ccc2OC(=O)c2ccccc2Cl)cc1. The number of carbonyl (C=O) groups excluding carboxylic acids is 2. The number of benzene rings is 3. The van der Waals surface area contributed by atoms with Crippen molar-refractivity contribution in [3.8, 4) is 11.5 Å². The second kappa shape index (κ2) is 10.7. The van der Waals surface area contributed by atoms with Crippen molar-refractivity contribution in [1.82, 2.24) is 5.43 Å². The Morgan fingerprint density at radius 1 is 1.10 bits per heavy atom. The summed E-state index contributed by atoms with van der Waals surface area (Å²) in [7, 11) is 0. The van der Waals surface area contributed by atoms with E-state index in [1.165, 1.54) is 6.21 Å². The van der Waals surface area contributed by atoms with Gasteiger partial charge in [-0.3, -0.25) is 4.79 Å². The van der Waals surface area contributed by atoms with Crippen molar-refractivity contribution in [2.75, 3.05) is 6.61 Å². The first-order valence-electron chi connectivity index (χ1n) is 9.30. The lowest BCUT2D eigenvalue weighted by atomic mass is 10.2. The fraction of sp³-hybridized carbons (Fsp3) is 0.0870. The molecule has 31 heavy (non-hydrogen) atoms. The molecule has 6 nitrogen and oxygen atoms in total. The van der Waals surface area contributed by atoms with E-state index in [9.17, 15) is 9.59 Å². The molecular formula is C23H18BrClN2O4. The number of amides is 1. The van der Waals surface area contributed by atoms with Gasteiger partial charge in [-0.2, -0.15) is 5.10 Å². The van der Waals surface area contributed by atoms with E-state index in [0.717, 1.165) is 4.47 Å². The fourth-order valence-corrected chi connectivity index (χ4v) is 3.18. The standard InChI is InChI=1S/C23H18BrClN2O4/c1-2-30-18-10-7-15(8-11-18)22(28)27-26-14-16-13-17(24)9-12-21(16)31-23(29)19-5-3-4-6-20(19)25/h3-14H,2H2,1H3,(H,27,28)/b26-14+. The van der Waals surface area contributed by atoms with Crippen LogP contribution in [0.3, 0.4) is 0 Å². The van der Waals surface area contributed by atoms with E-state index in [1.807, 2.05) is 6.92 Å². The summed E-state index contributed by atoms with van der Waals surface area (Å²) in [6, 6.07) is 18.4. The van der Waals surface area contributed by atoms with Gasteiger partial charge in [-0.25, -0.2) is 10.2 Å². The smallest absolute Gasteiger partial charge is 0.345 e. The minimum Gasteiger partial charge on any atom is -0.494 e. The molecule has 0 heterocycles. The van der Waals surface area contributed by atoms with E-state index >= 15 is 0 Å². The van der Waals surface area contributed by atoms with Crippen LogP contribution in [0.25, 0.3) is 0 Å². The molecule has 0 saturated carbocycles. The first-order chi connectivity index (χ1) is 15.0. The maximum absolute atomic E-state index is 12.5. The van der Waals surface area contributed by atoms with E-state index in [4.69, 9.17) is 21.1 Å². The molecule has 0 aromatic heterocycles. The maximum Gasteiger partial charge on any atom is 0.345 e. The van der Waals surface area contributed by atoms with E-state index < -0.39 is 5.97 Å². The maximum atomic E-state index is 12.5. The summed E-state index contributed by atoms with van der Waals surface area (Å²) >= 11 is 9.44. The normalized spacial score (nSPS) is 10.7. The van der Waals surface area contributed by atoms with E-state index in [-0.39, 0.29) is 17.2 Å². The highest BCUT2D eigenvalue weighted by Gasteiger charge is 2.14. The third-order valence-corrected chi connectivity index (χ3v) is 4.89. The van der Waals surface area contributed by atoms with Gasteiger partial charge in [0, 0.05) is 15.6 Å². The molecule has 3 rings (SSSR count). The first kappa shape index (κ1) is 22.5. The Morgan fingerprint density at radius 3 is 2.55 bits per heavy atom. The van der Waals surface area contributed by atoms with Crippen molar-refractivity contribution in [2.24, 2.45) is 5.10 Å². The largest absolute Gasteiger partial charge is 0.494 e. The summed E-state index contributed by atoms with van der Waals surface area (Å²) in [4.78, 5) is 24.8. The van der Waals surface area contributed by atoms with Gasteiger partial charge in [-0.15, -0.1) is 0 Å². The van der Waals surface area contributed by atoms with Gasteiger partial charge < -0.3 is 9.47 Å². The molecule has 0 fully saturated rings. The van der Waals surface area contributed by atoms with Crippen molar-refractivity contribution >= 4 is 45.6 Å². The zero-order chi connectivity index (χ0) is 22.2. The highest BCUT2D eigenvalue weighted by Crippen LogP contribution is 2.24. The summed E-state index contributed by atoms with van der Waals surface area (Å²) in [5.41, 5.74) is 3.62. The molecule has 0 bridgehead atoms. The zero-order valence-corrected chi connectivity index (χ0v) is 18.8. The Kier molecular flexibility index (Phi) is 7.81. The van der Waals surface area contributed by atoms with Gasteiger partial charge in [-0.1, -0.05) is 39.7 Å². The molecule has 158 valence electrons. The van der Waals surface area contributed by atoms with Crippen LogP contribution in [0.2, 0.25) is 5.02 Å². The molecule has 3 aromatic rings. The quantitative estimate of drug-likeness (QED) is 0.201. The molecule has 0 saturated heterocycles. The number of rotatable bonds is 7. The molecule has 1 N–H and O–H groups in total. The van der Waals surface area contributed by atoms with Crippen LogP contribution in [0.4, 0.5) is 0 Å². The molecule has 0 aliphatic rings. The average Bonchev–Trinajstić information content (AvgIpc) is 2.76. The van der Waals surface area contributed by atoms with Crippen LogP contribution in [-0.2, 0) is 0 Å². The number of halogens is 2. The highest BCUT2D eigenvalue weighted by atomic mass is 79.9. The Labute approximate surface area is 193 Å². The zero-order valence-electron chi connectivity index (χ0n) is 16.5. The minimum atomic E-state index is -0.596. The molecule has 1 amide bonds. The molecule has 0 spiro atoms. The second-order valence-electron chi connectivity index (χ2n) is 6.21. The lowest BCUT2D eigenvalue weighted by Crippen LogP contribution is -2.17. The second-order valence-corrected chi connectivity index (χ2v) is 7.53. The summed E-state index contributed by atoms with van der Waals surface area (Å²) in [5, 5.41) is 4.28. The van der Waals surface area contributed by atoms with Crippen LogP contribution in [0, 0.1) is 0 Å². The molecule has 0 aliphatic heterocycles. The molecular weight excluding hydrogens is 484 g/mol. The number of hydrogen-bond donors (Lipinski definition) is 1. The number of carbonyl (C=O) groups is 2. The summed E-state index contributed by atoms with van der Waals surface area (Å²) in [6.07, 6.45) is 1.40. The minimum absolute atomic E-state index is 0.249. The average molecular weight is 502 g/mol. The van der Waals surface area contributed by atoms with Gasteiger partial charge in [-0.05, 0) is 61.5 Å². The van der Waals surface area contributed by atoms with Crippen molar-refractivity contribution in [2.45, 2.75) is 6.92 Å². The number of esters is 1. The predicted molar refractivity (Wildman–Crippen MR) is 123 cm³/mol. The molecule has 0 radical (unpaired) electrons. The summed E-state index contributed by atoms with van der Waals surface area (Å²) in [6.45, 7) is 2.43. The van der Waals surface area contributed by atoms with Crippen LogP contribution in [0.15, 0.2) is 76.3 Å². The van der Waals surface area contributed by atoms with E-state index in [0.29, 0.717) is 28.5 Å². The van der Waals surface area contributed by atoms with E-state index in [2.05, 4.69) is 26.5 Å². The van der Waals surface area contributed by atoms with Gasteiger partial charge in [0.2, 0.25) is 0 Å². The lowest BCUT2D eigenvalue weighted by Gasteiger charge is -2.09. The van der Waals surface area contributed by atoms with Crippen molar-refractivity contribution in [3.63, 3.8) is 0 Å². The van der Waals surface area contributed by atoms with Crippen LogP contribution in [0.1, 0.15) is 33.2 Å². The third kappa shape index (κ3) is 6.16. The van der Waals surface area contributed by atoms with Crippen molar-refractivity contribution in [1.29, 1.82) is 0 Å². The Balaban J connectivity index is 1.71.